The van der Waals surface area contributed by atoms with Gasteiger partial charge < -0.3 is 9.80 Å². The van der Waals surface area contributed by atoms with Gasteiger partial charge in [-0.25, -0.2) is 0 Å². The molecule has 1 aromatic heterocycles. The van der Waals surface area contributed by atoms with E-state index in [1.54, 1.807) is 11.3 Å². The van der Waals surface area contributed by atoms with Crippen LogP contribution >= 0.6 is 11.3 Å². The van der Waals surface area contributed by atoms with Crippen LogP contribution in [0.5, 0.6) is 0 Å². The van der Waals surface area contributed by atoms with Crippen molar-refractivity contribution < 1.29 is 4.79 Å². The van der Waals surface area contributed by atoms with E-state index in [0.717, 1.165) is 30.9 Å². The number of piperazine rings is 1. The first-order chi connectivity index (χ1) is 11.1. The average Bonchev–Trinajstić information content (AvgIpc) is 2.96. The first-order valence-electron chi connectivity index (χ1n) is 8.24. The SMILES string of the molecule is CCc1sc(C(=O)N2CCN(C)CC2c2ccccc2)cc1C. The lowest BCUT2D eigenvalue weighted by molar-refractivity contribution is 0.0503. The third kappa shape index (κ3) is 3.33. The van der Waals surface area contributed by atoms with Crippen molar-refractivity contribution in [2.45, 2.75) is 26.3 Å². The van der Waals surface area contributed by atoms with Gasteiger partial charge in [-0.15, -0.1) is 11.3 Å². The van der Waals surface area contributed by atoms with Gasteiger partial charge in [0.15, 0.2) is 0 Å². The molecule has 3 rings (SSSR count). The molecule has 122 valence electrons. The summed E-state index contributed by atoms with van der Waals surface area (Å²) in [5.74, 6) is 0.180. The molecule has 3 nitrogen and oxygen atoms in total. The molecule has 2 aromatic rings. The molecule has 0 bridgehead atoms. The molecule has 0 saturated carbocycles. The topological polar surface area (TPSA) is 23.6 Å². The molecule has 1 atom stereocenters. The van der Waals surface area contributed by atoms with Gasteiger partial charge in [0.25, 0.3) is 5.91 Å². The lowest BCUT2D eigenvalue weighted by Crippen LogP contribution is -2.49. The van der Waals surface area contributed by atoms with E-state index in [0.29, 0.717) is 0 Å². The summed E-state index contributed by atoms with van der Waals surface area (Å²) in [6.45, 7) is 6.86. The lowest BCUT2D eigenvalue weighted by atomic mass is 10.0. The maximum atomic E-state index is 13.1. The largest absolute Gasteiger partial charge is 0.328 e. The van der Waals surface area contributed by atoms with Gasteiger partial charge in [-0.2, -0.15) is 0 Å². The van der Waals surface area contributed by atoms with Crippen molar-refractivity contribution >= 4 is 17.2 Å². The predicted molar refractivity (Wildman–Crippen MR) is 96.2 cm³/mol. The Morgan fingerprint density at radius 3 is 2.65 bits per heavy atom. The van der Waals surface area contributed by atoms with E-state index in [9.17, 15) is 4.79 Å². The van der Waals surface area contributed by atoms with Gasteiger partial charge in [0.1, 0.15) is 0 Å². The molecular formula is C19H24N2OS. The van der Waals surface area contributed by atoms with Gasteiger partial charge in [0.2, 0.25) is 0 Å². The van der Waals surface area contributed by atoms with Crippen LogP contribution in [0.3, 0.4) is 0 Å². The zero-order valence-electron chi connectivity index (χ0n) is 14.1. The first kappa shape index (κ1) is 16.2. The second kappa shape index (κ2) is 6.85. The molecule has 1 aliphatic heterocycles. The summed E-state index contributed by atoms with van der Waals surface area (Å²) in [4.78, 5) is 19.6. The third-order valence-corrected chi connectivity index (χ3v) is 5.95. The van der Waals surface area contributed by atoms with E-state index in [2.05, 4.69) is 61.0 Å². The molecule has 0 N–H and O–H groups in total. The van der Waals surface area contributed by atoms with E-state index in [-0.39, 0.29) is 11.9 Å². The van der Waals surface area contributed by atoms with Crippen LogP contribution in [0.2, 0.25) is 0 Å². The first-order valence-corrected chi connectivity index (χ1v) is 9.05. The summed E-state index contributed by atoms with van der Waals surface area (Å²) in [5.41, 5.74) is 2.46. The molecule has 1 aliphatic rings. The van der Waals surface area contributed by atoms with E-state index >= 15 is 0 Å². The van der Waals surface area contributed by atoms with Gasteiger partial charge in [0.05, 0.1) is 10.9 Å². The van der Waals surface area contributed by atoms with Crippen molar-refractivity contribution in [1.29, 1.82) is 0 Å². The summed E-state index contributed by atoms with van der Waals surface area (Å²) >= 11 is 1.65. The van der Waals surface area contributed by atoms with Crippen molar-refractivity contribution in [3.8, 4) is 0 Å². The van der Waals surface area contributed by atoms with Gasteiger partial charge in [-0.3, -0.25) is 4.79 Å². The second-order valence-corrected chi connectivity index (χ2v) is 7.39. The van der Waals surface area contributed by atoms with Crippen molar-refractivity contribution in [3.63, 3.8) is 0 Å². The highest BCUT2D eigenvalue weighted by Crippen LogP contribution is 2.30. The lowest BCUT2D eigenvalue weighted by Gasteiger charge is -2.40. The quantitative estimate of drug-likeness (QED) is 0.857. The van der Waals surface area contributed by atoms with Gasteiger partial charge in [0, 0.05) is 24.5 Å². The van der Waals surface area contributed by atoms with Crippen LogP contribution in [0.1, 0.15) is 38.6 Å². The number of rotatable bonds is 3. The second-order valence-electron chi connectivity index (χ2n) is 6.26. The fraction of sp³-hybridized carbons (Fsp3) is 0.421. The Balaban J connectivity index is 1.90. The van der Waals surface area contributed by atoms with Crippen LogP contribution in [0.15, 0.2) is 36.4 Å². The Bertz CT molecular complexity index is 680. The molecular weight excluding hydrogens is 304 g/mol. The third-order valence-electron chi connectivity index (χ3n) is 4.58. The molecule has 1 unspecified atom stereocenters. The van der Waals surface area contributed by atoms with E-state index in [1.165, 1.54) is 16.0 Å². The van der Waals surface area contributed by atoms with E-state index < -0.39 is 0 Å². The number of likely N-dealkylation sites (N-methyl/N-ethyl adjacent to an activating group) is 1. The molecule has 0 radical (unpaired) electrons. The van der Waals surface area contributed by atoms with Crippen molar-refractivity contribution in [1.82, 2.24) is 9.80 Å². The van der Waals surface area contributed by atoms with Crippen molar-refractivity contribution in [2.24, 2.45) is 0 Å². The summed E-state index contributed by atoms with van der Waals surface area (Å²) in [5, 5.41) is 0. The minimum atomic E-state index is 0.134. The summed E-state index contributed by atoms with van der Waals surface area (Å²) in [6.07, 6.45) is 0.995. The van der Waals surface area contributed by atoms with Crippen LogP contribution in [-0.4, -0.2) is 42.4 Å². The number of hydrogen-bond donors (Lipinski definition) is 0. The van der Waals surface area contributed by atoms with Crippen LogP contribution in [0.4, 0.5) is 0 Å². The van der Waals surface area contributed by atoms with Crippen LogP contribution < -0.4 is 0 Å². The van der Waals surface area contributed by atoms with Crippen LogP contribution in [-0.2, 0) is 6.42 Å². The number of hydrogen-bond acceptors (Lipinski definition) is 3. The maximum Gasteiger partial charge on any atom is 0.264 e. The fourth-order valence-corrected chi connectivity index (χ4v) is 4.31. The molecule has 1 saturated heterocycles. The van der Waals surface area contributed by atoms with Crippen LogP contribution in [0.25, 0.3) is 0 Å². The molecule has 4 heteroatoms. The normalized spacial score (nSPS) is 19.1. The van der Waals surface area contributed by atoms with Crippen molar-refractivity contribution in [2.75, 3.05) is 26.7 Å². The zero-order chi connectivity index (χ0) is 16.4. The molecule has 1 fully saturated rings. The highest BCUT2D eigenvalue weighted by molar-refractivity contribution is 7.14. The molecule has 0 aliphatic carbocycles. The number of thiophene rings is 1. The number of aryl methyl sites for hydroxylation is 2. The number of carbonyl (C=O) groups excluding carboxylic acids is 1. The molecule has 1 aromatic carbocycles. The highest BCUT2D eigenvalue weighted by atomic mass is 32.1. The standard InChI is InChI=1S/C19H24N2OS/c1-4-17-14(2)12-18(23-17)19(22)21-11-10-20(3)13-16(21)15-8-6-5-7-9-15/h5-9,12,16H,4,10-11,13H2,1-3H3. The number of carbonyl (C=O) groups is 1. The highest BCUT2D eigenvalue weighted by Gasteiger charge is 2.31. The average molecular weight is 328 g/mol. The Hall–Kier alpha value is -1.65. The minimum Gasteiger partial charge on any atom is -0.328 e. The monoisotopic (exact) mass is 328 g/mol. The number of nitrogens with zero attached hydrogens (tertiary/aromatic N) is 2. The van der Waals surface area contributed by atoms with Gasteiger partial charge in [-0.1, -0.05) is 37.3 Å². The smallest absolute Gasteiger partial charge is 0.264 e. The number of benzene rings is 1. The minimum absolute atomic E-state index is 0.134. The Kier molecular flexibility index (Phi) is 4.83. The molecule has 1 amide bonds. The Morgan fingerprint density at radius 2 is 2.00 bits per heavy atom. The summed E-state index contributed by atoms with van der Waals surface area (Å²) < 4.78 is 0. The van der Waals surface area contributed by atoms with Gasteiger partial charge in [-0.05, 0) is 37.6 Å². The van der Waals surface area contributed by atoms with Crippen molar-refractivity contribution in [3.05, 3.63) is 57.3 Å². The summed E-state index contributed by atoms with van der Waals surface area (Å²) in [7, 11) is 2.13. The Labute approximate surface area is 142 Å². The molecule has 0 spiro atoms. The molecule has 2 heterocycles. The van der Waals surface area contributed by atoms with E-state index in [4.69, 9.17) is 0 Å². The predicted octanol–water partition coefficient (Wildman–Crippen LogP) is 3.75. The zero-order valence-corrected chi connectivity index (χ0v) is 14.9. The van der Waals surface area contributed by atoms with E-state index in [1.807, 2.05) is 6.07 Å². The molecule has 23 heavy (non-hydrogen) atoms. The maximum absolute atomic E-state index is 13.1. The summed E-state index contributed by atoms with van der Waals surface area (Å²) in [6, 6.07) is 12.6. The van der Waals surface area contributed by atoms with Crippen LogP contribution in [0, 0.1) is 6.92 Å². The Morgan fingerprint density at radius 1 is 1.26 bits per heavy atom. The fourth-order valence-electron chi connectivity index (χ4n) is 3.24. The number of amides is 1. The van der Waals surface area contributed by atoms with Gasteiger partial charge >= 0.3 is 0 Å².